The summed E-state index contributed by atoms with van der Waals surface area (Å²) < 4.78 is 4.12. The number of nitrogens with one attached hydrogen (secondary N) is 2. The summed E-state index contributed by atoms with van der Waals surface area (Å²) in [6.45, 7) is 5.22. The number of anilines is 2. The average molecular weight is 259 g/mol. The van der Waals surface area contributed by atoms with Crippen molar-refractivity contribution in [1.29, 1.82) is 0 Å². The van der Waals surface area contributed by atoms with Crippen molar-refractivity contribution in [2.24, 2.45) is 12.0 Å². The zero-order valence-corrected chi connectivity index (χ0v) is 11.3. The molecule has 2 rings (SSSR count). The van der Waals surface area contributed by atoms with Crippen molar-refractivity contribution < 1.29 is 4.57 Å². The molecule has 19 heavy (non-hydrogen) atoms. The lowest BCUT2D eigenvalue weighted by atomic mass is 10.3. The van der Waals surface area contributed by atoms with Gasteiger partial charge in [0.2, 0.25) is 6.33 Å². The monoisotopic (exact) mass is 259 g/mol. The summed E-state index contributed by atoms with van der Waals surface area (Å²) in [5, 5.41) is 6.30. The van der Waals surface area contributed by atoms with Crippen molar-refractivity contribution in [3.05, 3.63) is 31.0 Å². The third kappa shape index (κ3) is 3.31. The van der Waals surface area contributed by atoms with Crippen LogP contribution in [0, 0.1) is 0 Å². The van der Waals surface area contributed by atoms with E-state index in [2.05, 4.69) is 31.9 Å². The van der Waals surface area contributed by atoms with Crippen LogP contribution in [0.3, 0.4) is 0 Å². The molecule has 0 spiro atoms. The predicted octanol–water partition coefficient (Wildman–Crippen LogP) is 1.19. The second-order valence-electron chi connectivity index (χ2n) is 4.24. The van der Waals surface area contributed by atoms with Gasteiger partial charge in [-0.2, -0.15) is 0 Å². The summed E-state index contributed by atoms with van der Waals surface area (Å²) in [5.74, 6) is 0.755. The van der Waals surface area contributed by atoms with Crippen LogP contribution in [0.1, 0.15) is 0 Å². The quantitative estimate of drug-likeness (QED) is 0.605. The van der Waals surface area contributed by atoms with Crippen LogP contribution in [0.25, 0.3) is 0 Å². The molecule has 6 nitrogen and oxygen atoms in total. The van der Waals surface area contributed by atoms with E-state index in [4.69, 9.17) is 0 Å². The van der Waals surface area contributed by atoms with E-state index in [-0.39, 0.29) is 0 Å². The van der Waals surface area contributed by atoms with Gasteiger partial charge >= 0.3 is 0 Å². The van der Waals surface area contributed by atoms with Crippen molar-refractivity contribution in [1.82, 2.24) is 9.55 Å². The number of imidazole rings is 1. The minimum absolute atomic E-state index is 0.755. The minimum Gasteiger partial charge on any atom is -0.387 e. The Kier molecular flexibility index (Phi) is 4.12. The van der Waals surface area contributed by atoms with Crippen molar-refractivity contribution >= 4 is 23.9 Å². The summed E-state index contributed by atoms with van der Waals surface area (Å²) in [6, 6.07) is 1.91. The van der Waals surface area contributed by atoms with Gasteiger partial charge in [0.25, 0.3) is 0 Å². The fraction of sp³-hybridized carbons (Fsp3) is 0.308. The van der Waals surface area contributed by atoms with Crippen LogP contribution in [-0.2, 0) is 13.6 Å². The first-order valence-electron chi connectivity index (χ1n) is 6.12. The van der Waals surface area contributed by atoms with Gasteiger partial charge in [0.1, 0.15) is 24.6 Å². The van der Waals surface area contributed by atoms with E-state index < -0.39 is 0 Å². The molecule has 2 heterocycles. The lowest BCUT2D eigenvalue weighted by Crippen LogP contribution is -2.24. The maximum Gasteiger partial charge on any atom is 0.243 e. The molecule has 2 N–H and O–H groups in total. The molecule has 0 aliphatic carbocycles. The predicted molar refractivity (Wildman–Crippen MR) is 77.1 cm³/mol. The van der Waals surface area contributed by atoms with E-state index in [1.54, 1.807) is 6.20 Å². The molecule has 0 amide bonds. The standard InChI is InChI=1S/C13H19N6/c1-14-11-8-12(15-2)13(17-9-11)16-4-5-19-7-6-18(3)10-19/h6-10,14H,2,4-5H2,1,3H3,(H,16,17)/q+1. The smallest absolute Gasteiger partial charge is 0.243 e. The van der Waals surface area contributed by atoms with Crippen LogP contribution in [0.2, 0.25) is 0 Å². The van der Waals surface area contributed by atoms with Crippen molar-refractivity contribution in [3.8, 4) is 0 Å². The molecule has 100 valence electrons. The molecule has 0 aliphatic heterocycles. The molecule has 0 radical (unpaired) electrons. The first-order chi connectivity index (χ1) is 9.22. The Balaban J connectivity index is 1.97. The number of aromatic nitrogens is 3. The fourth-order valence-electron chi connectivity index (χ4n) is 1.78. The number of nitrogens with zero attached hydrogens (tertiary/aromatic N) is 4. The molecule has 2 aromatic heterocycles. The van der Waals surface area contributed by atoms with Gasteiger partial charge in [-0.1, -0.05) is 0 Å². The van der Waals surface area contributed by atoms with Gasteiger partial charge < -0.3 is 10.6 Å². The molecule has 0 bridgehead atoms. The Bertz CT molecular complexity index is 560. The lowest BCUT2D eigenvalue weighted by Gasteiger charge is -2.08. The number of pyridine rings is 1. The molecule has 6 heteroatoms. The minimum atomic E-state index is 0.755. The first-order valence-corrected chi connectivity index (χ1v) is 6.12. The zero-order valence-electron chi connectivity index (χ0n) is 11.3. The van der Waals surface area contributed by atoms with E-state index in [0.717, 1.165) is 30.3 Å². The number of hydrogen-bond acceptors (Lipinski definition) is 4. The van der Waals surface area contributed by atoms with Gasteiger partial charge in [0.15, 0.2) is 5.82 Å². The number of rotatable bonds is 6. The van der Waals surface area contributed by atoms with Gasteiger partial charge in [-0.3, -0.25) is 4.99 Å². The molecule has 0 aliphatic rings. The SMILES string of the molecule is C=Nc1cc(NC)cnc1NCCn1cc[n+](C)c1. The van der Waals surface area contributed by atoms with Crippen LogP contribution in [-0.4, -0.2) is 29.9 Å². The normalized spacial score (nSPS) is 10.2. The maximum absolute atomic E-state index is 4.33. The second kappa shape index (κ2) is 5.99. The van der Waals surface area contributed by atoms with Crippen molar-refractivity contribution in [3.63, 3.8) is 0 Å². The Morgan fingerprint density at radius 1 is 1.53 bits per heavy atom. The van der Waals surface area contributed by atoms with E-state index >= 15 is 0 Å². The lowest BCUT2D eigenvalue weighted by molar-refractivity contribution is -0.671. The molecule has 0 saturated heterocycles. The number of hydrogen-bond donors (Lipinski definition) is 2. The average Bonchev–Trinajstić information content (AvgIpc) is 2.84. The second-order valence-corrected chi connectivity index (χ2v) is 4.24. The Hall–Kier alpha value is -2.37. The third-order valence-corrected chi connectivity index (χ3v) is 2.81. The highest BCUT2D eigenvalue weighted by atomic mass is 15.1. The first kappa shape index (κ1) is 13.1. The molecule has 2 aromatic rings. The highest BCUT2D eigenvalue weighted by Crippen LogP contribution is 2.24. The van der Waals surface area contributed by atoms with Gasteiger partial charge in [0, 0.05) is 7.05 Å². The molecule has 0 aromatic carbocycles. The van der Waals surface area contributed by atoms with Crippen molar-refractivity contribution in [2.75, 3.05) is 24.2 Å². The summed E-state index contributed by atoms with van der Waals surface area (Å²) in [4.78, 5) is 8.32. The van der Waals surface area contributed by atoms with Gasteiger partial charge in [-0.25, -0.2) is 14.1 Å². The van der Waals surface area contributed by atoms with Gasteiger partial charge in [0.05, 0.1) is 25.5 Å². The van der Waals surface area contributed by atoms with E-state index in [9.17, 15) is 0 Å². The van der Waals surface area contributed by atoms with Gasteiger partial charge in [-0.05, 0) is 12.8 Å². The van der Waals surface area contributed by atoms with Crippen LogP contribution in [0.4, 0.5) is 17.2 Å². The zero-order chi connectivity index (χ0) is 13.7. The maximum atomic E-state index is 4.33. The Morgan fingerprint density at radius 2 is 2.37 bits per heavy atom. The fourth-order valence-corrected chi connectivity index (χ4v) is 1.78. The van der Waals surface area contributed by atoms with E-state index in [1.807, 2.05) is 43.4 Å². The molecule has 0 unspecified atom stereocenters. The van der Waals surface area contributed by atoms with Crippen LogP contribution in [0.15, 0.2) is 36.0 Å². The highest BCUT2D eigenvalue weighted by Gasteiger charge is 2.04. The Morgan fingerprint density at radius 3 is 3.00 bits per heavy atom. The van der Waals surface area contributed by atoms with Crippen LogP contribution in [0.5, 0.6) is 0 Å². The number of aryl methyl sites for hydroxylation is 1. The largest absolute Gasteiger partial charge is 0.387 e. The van der Waals surface area contributed by atoms with Crippen LogP contribution >= 0.6 is 0 Å². The van der Waals surface area contributed by atoms with Crippen molar-refractivity contribution in [2.45, 2.75) is 6.54 Å². The Labute approximate surface area is 112 Å². The number of aliphatic imine (C=N–C) groups is 1. The third-order valence-electron chi connectivity index (χ3n) is 2.81. The van der Waals surface area contributed by atoms with E-state index in [1.165, 1.54) is 0 Å². The summed E-state index contributed by atoms with van der Waals surface area (Å²) >= 11 is 0. The molecule has 0 saturated carbocycles. The van der Waals surface area contributed by atoms with Crippen LogP contribution < -0.4 is 15.2 Å². The highest BCUT2D eigenvalue weighted by molar-refractivity contribution is 5.68. The molecule has 0 fully saturated rings. The topological polar surface area (TPSA) is 58.1 Å². The molecular weight excluding hydrogens is 240 g/mol. The molecular formula is C13H19N6+. The molecule has 0 atom stereocenters. The van der Waals surface area contributed by atoms with Gasteiger partial charge in [-0.15, -0.1) is 0 Å². The summed E-state index contributed by atoms with van der Waals surface area (Å²) in [6.07, 6.45) is 7.85. The summed E-state index contributed by atoms with van der Waals surface area (Å²) in [7, 11) is 3.85. The van der Waals surface area contributed by atoms with E-state index in [0.29, 0.717) is 0 Å². The summed E-state index contributed by atoms with van der Waals surface area (Å²) in [5.41, 5.74) is 1.68.